The van der Waals surface area contributed by atoms with E-state index in [0.717, 1.165) is 11.6 Å². The highest BCUT2D eigenvalue weighted by molar-refractivity contribution is 5.47. The van der Waals surface area contributed by atoms with Crippen molar-refractivity contribution in [3.63, 3.8) is 0 Å². The molecule has 1 aliphatic carbocycles. The van der Waals surface area contributed by atoms with Gasteiger partial charge in [0.2, 0.25) is 0 Å². The molecule has 0 aliphatic heterocycles. The van der Waals surface area contributed by atoms with Gasteiger partial charge in [-0.2, -0.15) is 0 Å². The molecule has 0 spiro atoms. The van der Waals surface area contributed by atoms with Crippen molar-refractivity contribution >= 4 is 5.69 Å². The SMILES string of the molecule is CN(CC(O)CO)c1ccc(C2CCCCC2)cc1. The van der Waals surface area contributed by atoms with Gasteiger partial charge >= 0.3 is 0 Å². The maximum atomic E-state index is 9.46. The summed E-state index contributed by atoms with van der Waals surface area (Å²) in [5.74, 6) is 0.733. The predicted molar refractivity (Wildman–Crippen MR) is 78.6 cm³/mol. The second-order valence-electron chi connectivity index (χ2n) is 5.64. The summed E-state index contributed by atoms with van der Waals surface area (Å²) in [7, 11) is 1.94. The first kappa shape index (κ1) is 14.4. The second kappa shape index (κ2) is 6.92. The Morgan fingerprint density at radius 3 is 2.37 bits per heavy atom. The summed E-state index contributed by atoms with van der Waals surface area (Å²) in [6.07, 6.45) is 6.06. The fraction of sp³-hybridized carbons (Fsp3) is 0.625. The van der Waals surface area contributed by atoms with Gasteiger partial charge in [-0.15, -0.1) is 0 Å². The molecule has 0 aromatic heterocycles. The molecular formula is C16H25NO2. The fourth-order valence-corrected chi connectivity index (χ4v) is 2.92. The lowest BCUT2D eigenvalue weighted by atomic mass is 9.84. The zero-order valence-electron chi connectivity index (χ0n) is 11.8. The van der Waals surface area contributed by atoms with Crippen LogP contribution in [0.25, 0.3) is 0 Å². The molecule has 1 aromatic carbocycles. The Hall–Kier alpha value is -1.06. The Bertz CT molecular complexity index is 371. The molecular weight excluding hydrogens is 238 g/mol. The summed E-state index contributed by atoms with van der Waals surface area (Å²) in [5, 5.41) is 18.3. The number of hydrogen-bond acceptors (Lipinski definition) is 3. The molecule has 0 saturated heterocycles. The molecule has 106 valence electrons. The van der Waals surface area contributed by atoms with E-state index in [1.165, 1.54) is 37.7 Å². The third-order valence-electron chi connectivity index (χ3n) is 4.11. The first-order valence-electron chi connectivity index (χ1n) is 7.30. The van der Waals surface area contributed by atoms with Crippen LogP contribution < -0.4 is 4.90 Å². The summed E-state index contributed by atoms with van der Waals surface area (Å²) in [4.78, 5) is 1.98. The monoisotopic (exact) mass is 263 g/mol. The van der Waals surface area contributed by atoms with Crippen LogP contribution in [0.1, 0.15) is 43.6 Å². The summed E-state index contributed by atoms with van der Waals surface area (Å²) in [5.41, 5.74) is 2.53. The van der Waals surface area contributed by atoms with E-state index >= 15 is 0 Å². The predicted octanol–water partition coefficient (Wildman–Crippen LogP) is 2.52. The average molecular weight is 263 g/mol. The first-order valence-corrected chi connectivity index (χ1v) is 7.30. The van der Waals surface area contributed by atoms with Crippen molar-refractivity contribution in [1.82, 2.24) is 0 Å². The van der Waals surface area contributed by atoms with Gasteiger partial charge in [0.05, 0.1) is 12.7 Å². The van der Waals surface area contributed by atoms with Gasteiger partial charge in [0.15, 0.2) is 0 Å². The van der Waals surface area contributed by atoms with Gasteiger partial charge in [-0.25, -0.2) is 0 Å². The smallest absolute Gasteiger partial charge is 0.0945 e. The molecule has 2 N–H and O–H groups in total. The molecule has 1 aromatic rings. The van der Waals surface area contributed by atoms with Gasteiger partial charge in [-0.3, -0.25) is 0 Å². The lowest BCUT2D eigenvalue weighted by Crippen LogP contribution is -2.31. The Kier molecular flexibility index (Phi) is 5.23. The van der Waals surface area contributed by atoms with Crippen molar-refractivity contribution in [2.75, 3.05) is 25.1 Å². The molecule has 0 amide bonds. The number of hydrogen-bond donors (Lipinski definition) is 2. The van der Waals surface area contributed by atoms with Crippen LogP contribution in [-0.2, 0) is 0 Å². The van der Waals surface area contributed by atoms with E-state index in [4.69, 9.17) is 5.11 Å². The van der Waals surface area contributed by atoms with Gasteiger partial charge in [0.25, 0.3) is 0 Å². The zero-order chi connectivity index (χ0) is 13.7. The number of benzene rings is 1. The standard InChI is InChI=1S/C16H25NO2/c1-17(11-16(19)12-18)15-9-7-14(8-10-15)13-5-3-2-4-6-13/h7-10,13,16,18-19H,2-6,11-12H2,1H3. The molecule has 1 unspecified atom stereocenters. The summed E-state index contributed by atoms with van der Waals surface area (Å²) in [6.45, 7) is 0.268. The van der Waals surface area contributed by atoms with Crippen LogP contribution in [0.15, 0.2) is 24.3 Å². The molecule has 3 heteroatoms. The minimum absolute atomic E-state index is 0.190. The largest absolute Gasteiger partial charge is 0.394 e. The Morgan fingerprint density at radius 2 is 1.79 bits per heavy atom. The van der Waals surface area contributed by atoms with E-state index < -0.39 is 6.10 Å². The minimum atomic E-state index is -0.678. The Labute approximate surface area is 115 Å². The minimum Gasteiger partial charge on any atom is -0.394 e. The summed E-state index contributed by atoms with van der Waals surface area (Å²) < 4.78 is 0. The normalized spacial score (nSPS) is 18.3. The van der Waals surface area contributed by atoms with Crippen molar-refractivity contribution in [2.24, 2.45) is 0 Å². The van der Waals surface area contributed by atoms with Crippen LogP contribution >= 0.6 is 0 Å². The molecule has 1 atom stereocenters. The van der Waals surface area contributed by atoms with Crippen LogP contribution in [0.3, 0.4) is 0 Å². The van der Waals surface area contributed by atoms with E-state index in [0.29, 0.717) is 6.54 Å². The topological polar surface area (TPSA) is 43.7 Å². The van der Waals surface area contributed by atoms with E-state index in [1.54, 1.807) is 0 Å². The van der Waals surface area contributed by atoms with Gasteiger partial charge in [-0.05, 0) is 36.5 Å². The zero-order valence-corrected chi connectivity index (χ0v) is 11.8. The van der Waals surface area contributed by atoms with Crippen molar-refractivity contribution < 1.29 is 10.2 Å². The van der Waals surface area contributed by atoms with Crippen molar-refractivity contribution in [2.45, 2.75) is 44.1 Å². The molecule has 1 aliphatic rings. The van der Waals surface area contributed by atoms with Gasteiger partial charge in [0, 0.05) is 19.3 Å². The highest BCUT2D eigenvalue weighted by Gasteiger charge is 2.15. The van der Waals surface area contributed by atoms with Crippen LogP contribution in [0.2, 0.25) is 0 Å². The third-order valence-corrected chi connectivity index (χ3v) is 4.11. The van der Waals surface area contributed by atoms with Crippen molar-refractivity contribution in [3.05, 3.63) is 29.8 Å². The quantitative estimate of drug-likeness (QED) is 0.858. The summed E-state index contributed by atoms with van der Waals surface area (Å²) >= 11 is 0. The van der Waals surface area contributed by atoms with Crippen LogP contribution in [0.5, 0.6) is 0 Å². The van der Waals surface area contributed by atoms with Gasteiger partial charge in [0.1, 0.15) is 0 Å². The molecule has 1 saturated carbocycles. The highest BCUT2D eigenvalue weighted by Crippen LogP contribution is 2.33. The number of aliphatic hydroxyl groups excluding tert-OH is 2. The number of rotatable bonds is 5. The average Bonchev–Trinajstić information content (AvgIpc) is 2.48. The molecule has 19 heavy (non-hydrogen) atoms. The molecule has 0 radical (unpaired) electrons. The highest BCUT2D eigenvalue weighted by atomic mass is 16.3. The third kappa shape index (κ3) is 3.95. The lowest BCUT2D eigenvalue weighted by molar-refractivity contribution is 0.101. The number of nitrogens with zero attached hydrogens (tertiary/aromatic N) is 1. The van der Waals surface area contributed by atoms with Crippen molar-refractivity contribution in [3.8, 4) is 0 Å². The van der Waals surface area contributed by atoms with Crippen molar-refractivity contribution in [1.29, 1.82) is 0 Å². The number of aliphatic hydroxyl groups is 2. The molecule has 0 bridgehead atoms. The number of likely N-dealkylation sites (N-methyl/N-ethyl adjacent to an activating group) is 1. The van der Waals surface area contributed by atoms with E-state index in [9.17, 15) is 5.11 Å². The molecule has 2 rings (SSSR count). The van der Waals surface area contributed by atoms with Gasteiger partial charge < -0.3 is 15.1 Å². The second-order valence-corrected chi connectivity index (χ2v) is 5.64. The van der Waals surface area contributed by atoms with Crippen LogP contribution in [0.4, 0.5) is 5.69 Å². The molecule has 3 nitrogen and oxygen atoms in total. The number of anilines is 1. The van der Waals surface area contributed by atoms with E-state index in [2.05, 4.69) is 24.3 Å². The lowest BCUT2D eigenvalue weighted by Gasteiger charge is -2.24. The van der Waals surface area contributed by atoms with E-state index in [-0.39, 0.29) is 6.61 Å². The Morgan fingerprint density at radius 1 is 1.16 bits per heavy atom. The maximum Gasteiger partial charge on any atom is 0.0945 e. The van der Waals surface area contributed by atoms with E-state index in [1.807, 2.05) is 11.9 Å². The van der Waals surface area contributed by atoms with Gasteiger partial charge in [-0.1, -0.05) is 31.4 Å². The van der Waals surface area contributed by atoms with Crippen LogP contribution in [0, 0.1) is 0 Å². The molecule has 0 heterocycles. The van der Waals surface area contributed by atoms with Crippen LogP contribution in [-0.4, -0.2) is 36.5 Å². The summed E-state index contributed by atoms with van der Waals surface area (Å²) in [6, 6.07) is 8.67. The maximum absolute atomic E-state index is 9.46. The first-order chi connectivity index (χ1) is 9.20. The Balaban J connectivity index is 1.97. The fourth-order valence-electron chi connectivity index (χ4n) is 2.92. The molecule has 1 fully saturated rings.